The van der Waals surface area contributed by atoms with E-state index in [4.69, 9.17) is 26.1 Å². The number of benzene rings is 3. The molecule has 4 rings (SSSR count). The maximum atomic E-state index is 12.3. The lowest BCUT2D eigenvalue weighted by Crippen LogP contribution is -2.31. The van der Waals surface area contributed by atoms with Crippen LogP contribution in [-0.4, -0.2) is 35.2 Å². The van der Waals surface area contributed by atoms with Crippen molar-refractivity contribution in [3.05, 3.63) is 88.7 Å². The first-order valence-electron chi connectivity index (χ1n) is 11.3. The van der Waals surface area contributed by atoms with Crippen molar-refractivity contribution in [2.24, 2.45) is 0 Å². The zero-order valence-electron chi connectivity index (χ0n) is 19.4. The number of para-hydroxylation sites is 2. The molecule has 176 valence electrons. The summed E-state index contributed by atoms with van der Waals surface area (Å²) in [5, 5.41) is 3.61. The highest BCUT2D eigenvalue weighted by molar-refractivity contribution is 6.30. The molecule has 1 N–H and O–H groups in total. The zero-order chi connectivity index (χ0) is 23.9. The van der Waals surface area contributed by atoms with E-state index in [1.165, 1.54) is 0 Å². The second-order valence-corrected chi connectivity index (χ2v) is 8.56. The van der Waals surface area contributed by atoms with Gasteiger partial charge < -0.3 is 19.4 Å². The van der Waals surface area contributed by atoms with Gasteiger partial charge in [0.05, 0.1) is 17.6 Å². The lowest BCUT2D eigenvalue weighted by molar-refractivity contribution is -0.123. The van der Waals surface area contributed by atoms with Gasteiger partial charge in [0.1, 0.15) is 23.9 Å². The molecule has 7 heteroatoms. The van der Waals surface area contributed by atoms with E-state index in [0.717, 1.165) is 39.5 Å². The minimum atomic E-state index is -0.158. The summed E-state index contributed by atoms with van der Waals surface area (Å²) in [6.07, 6.45) is 0.602. The van der Waals surface area contributed by atoms with Crippen LogP contribution >= 0.6 is 11.6 Å². The number of halogens is 1. The van der Waals surface area contributed by atoms with Gasteiger partial charge in [-0.15, -0.1) is 0 Å². The normalized spacial score (nSPS) is 10.9. The Kier molecular flexibility index (Phi) is 7.70. The number of aryl methyl sites for hydroxylation is 2. The van der Waals surface area contributed by atoms with E-state index in [2.05, 4.69) is 9.88 Å². The van der Waals surface area contributed by atoms with E-state index in [9.17, 15) is 4.79 Å². The molecule has 0 unspecified atom stereocenters. The molecule has 3 aromatic carbocycles. The van der Waals surface area contributed by atoms with Crippen LogP contribution in [0.4, 0.5) is 0 Å². The highest BCUT2D eigenvalue weighted by atomic mass is 35.5. The van der Waals surface area contributed by atoms with Gasteiger partial charge in [0.25, 0.3) is 5.91 Å². The van der Waals surface area contributed by atoms with E-state index < -0.39 is 0 Å². The Morgan fingerprint density at radius 2 is 1.82 bits per heavy atom. The van der Waals surface area contributed by atoms with Crippen LogP contribution in [0.25, 0.3) is 11.0 Å². The average molecular weight is 478 g/mol. The number of nitrogens with one attached hydrogen (secondary N) is 1. The van der Waals surface area contributed by atoms with Gasteiger partial charge in [-0.1, -0.05) is 35.9 Å². The number of hydrogen-bond donors (Lipinski definition) is 1. The van der Waals surface area contributed by atoms with Crippen LogP contribution in [0.2, 0.25) is 5.02 Å². The van der Waals surface area contributed by atoms with Crippen molar-refractivity contribution in [2.75, 3.05) is 19.8 Å². The molecule has 0 atom stereocenters. The topological polar surface area (TPSA) is 65.4 Å². The molecule has 0 radical (unpaired) electrons. The maximum Gasteiger partial charge on any atom is 0.257 e. The van der Waals surface area contributed by atoms with Crippen molar-refractivity contribution in [1.82, 2.24) is 14.9 Å². The summed E-state index contributed by atoms with van der Waals surface area (Å²) in [4.78, 5) is 17.1. The second kappa shape index (κ2) is 11.1. The van der Waals surface area contributed by atoms with Gasteiger partial charge in [-0.3, -0.25) is 4.79 Å². The summed E-state index contributed by atoms with van der Waals surface area (Å²) in [5.74, 6) is 2.25. The van der Waals surface area contributed by atoms with Crippen LogP contribution < -0.4 is 14.8 Å². The number of amides is 1. The van der Waals surface area contributed by atoms with Crippen LogP contribution in [-0.2, 0) is 17.8 Å². The third-order valence-electron chi connectivity index (χ3n) is 5.50. The highest BCUT2D eigenvalue weighted by Crippen LogP contribution is 2.20. The molecule has 0 aliphatic heterocycles. The van der Waals surface area contributed by atoms with E-state index in [-0.39, 0.29) is 12.5 Å². The van der Waals surface area contributed by atoms with Crippen molar-refractivity contribution in [3.63, 3.8) is 0 Å². The summed E-state index contributed by atoms with van der Waals surface area (Å²) >= 11 is 5.94. The van der Waals surface area contributed by atoms with Crippen LogP contribution in [0.3, 0.4) is 0 Å². The molecule has 0 spiro atoms. The SMILES string of the molecule is Cc1ccc(C)c(OCC(=O)NCCc2nc3ccccc3n2CCOc2ccc(Cl)cc2)c1. The molecular formula is C27H28ClN3O3. The fourth-order valence-corrected chi connectivity index (χ4v) is 3.85. The lowest BCUT2D eigenvalue weighted by atomic mass is 10.1. The summed E-state index contributed by atoms with van der Waals surface area (Å²) in [5.41, 5.74) is 4.07. The van der Waals surface area contributed by atoms with Gasteiger partial charge in [-0.05, 0) is 67.4 Å². The molecule has 4 aromatic rings. The first-order chi connectivity index (χ1) is 16.5. The molecule has 34 heavy (non-hydrogen) atoms. The number of hydrogen-bond acceptors (Lipinski definition) is 4. The third-order valence-corrected chi connectivity index (χ3v) is 5.76. The number of fused-ring (bicyclic) bond motifs is 1. The average Bonchev–Trinajstić information content (AvgIpc) is 3.18. The summed E-state index contributed by atoms with van der Waals surface area (Å²) < 4.78 is 13.7. The Morgan fingerprint density at radius 3 is 2.65 bits per heavy atom. The fourth-order valence-electron chi connectivity index (χ4n) is 3.72. The molecule has 0 fully saturated rings. The summed E-state index contributed by atoms with van der Waals surface area (Å²) in [6.45, 7) is 5.55. The van der Waals surface area contributed by atoms with Gasteiger partial charge in [0.15, 0.2) is 6.61 Å². The Labute approximate surface area is 204 Å². The number of imidazole rings is 1. The Balaban J connectivity index is 1.33. The molecule has 6 nitrogen and oxygen atoms in total. The lowest BCUT2D eigenvalue weighted by Gasteiger charge is -2.12. The second-order valence-electron chi connectivity index (χ2n) is 8.13. The van der Waals surface area contributed by atoms with Gasteiger partial charge in [0.2, 0.25) is 0 Å². The number of ether oxygens (including phenoxy) is 2. The quantitative estimate of drug-likeness (QED) is 0.344. The highest BCUT2D eigenvalue weighted by Gasteiger charge is 2.12. The van der Waals surface area contributed by atoms with Crippen LogP contribution in [0.5, 0.6) is 11.5 Å². The predicted molar refractivity (Wildman–Crippen MR) is 135 cm³/mol. The standard InChI is InChI=1S/C27H28ClN3O3/c1-19-7-8-20(2)25(17-19)34-18-27(32)29-14-13-26-30-23-5-3-4-6-24(23)31(26)15-16-33-22-11-9-21(28)10-12-22/h3-12,17H,13-16,18H2,1-2H3,(H,29,32). The molecule has 0 saturated carbocycles. The number of carbonyl (C=O) groups is 1. The Morgan fingerprint density at radius 1 is 1.03 bits per heavy atom. The van der Waals surface area contributed by atoms with Crippen molar-refractivity contribution >= 4 is 28.5 Å². The first kappa shape index (κ1) is 23.6. The van der Waals surface area contributed by atoms with Gasteiger partial charge in [0, 0.05) is 18.0 Å². The number of nitrogens with zero attached hydrogens (tertiary/aromatic N) is 2. The summed E-state index contributed by atoms with van der Waals surface area (Å²) in [6, 6.07) is 21.3. The van der Waals surface area contributed by atoms with Crippen molar-refractivity contribution in [3.8, 4) is 11.5 Å². The molecular weight excluding hydrogens is 450 g/mol. The molecule has 0 aliphatic rings. The van der Waals surface area contributed by atoms with Crippen molar-refractivity contribution in [1.29, 1.82) is 0 Å². The summed E-state index contributed by atoms with van der Waals surface area (Å²) in [7, 11) is 0. The van der Waals surface area contributed by atoms with Crippen molar-refractivity contribution in [2.45, 2.75) is 26.8 Å². The molecule has 0 saturated heterocycles. The van der Waals surface area contributed by atoms with E-state index in [1.807, 2.05) is 80.6 Å². The van der Waals surface area contributed by atoms with Gasteiger partial charge >= 0.3 is 0 Å². The van der Waals surface area contributed by atoms with Gasteiger partial charge in [-0.25, -0.2) is 4.98 Å². The van der Waals surface area contributed by atoms with E-state index >= 15 is 0 Å². The molecule has 1 heterocycles. The number of aromatic nitrogens is 2. The van der Waals surface area contributed by atoms with Crippen LogP contribution in [0, 0.1) is 13.8 Å². The minimum absolute atomic E-state index is 0.0182. The number of carbonyl (C=O) groups excluding carboxylic acids is 1. The van der Waals surface area contributed by atoms with E-state index in [1.54, 1.807) is 0 Å². The molecule has 1 aromatic heterocycles. The smallest absolute Gasteiger partial charge is 0.257 e. The number of rotatable bonds is 10. The largest absolute Gasteiger partial charge is 0.492 e. The zero-order valence-corrected chi connectivity index (χ0v) is 20.1. The molecule has 0 bridgehead atoms. The van der Waals surface area contributed by atoms with Crippen LogP contribution in [0.15, 0.2) is 66.7 Å². The minimum Gasteiger partial charge on any atom is -0.492 e. The molecule has 0 aliphatic carbocycles. The maximum absolute atomic E-state index is 12.3. The third kappa shape index (κ3) is 6.08. The van der Waals surface area contributed by atoms with Crippen molar-refractivity contribution < 1.29 is 14.3 Å². The van der Waals surface area contributed by atoms with E-state index in [0.29, 0.717) is 31.1 Å². The fraction of sp³-hybridized carbons (Fsp3) is 0.259. The van der Waals surface area contributed by atoms with Gasteiger partial charge in [-0.2, -0.15) is 0 Å². The Hall–Kier alpha value is -3.51. The van der Waals surface area contributed by atoms with Crippen LogP contribution in [0.1, 0.15) is 17.0 Å². The monoisotopic (exact) mass is 477 g/mol. The Bertz CT molecular complexity index is 1270. The predicted octanol–water partition coefficient (Wildman–Crippen LogP) is 5.12. The molecule has 1 amide bonds. The first-order valence-corrected chi connectivity index (χ1v) is 11.7.